The van der Waals surface area contributed by atoms with E-state index in [4.69, 9.17) is 0 Å². The van der Waals surface area contributed by atoms with E-state index in [2.05, 4.69) is 23.9 Å². The Morgan fingerprint density at radius 3 is 2.37 bits per heavy atom. The summed E-state index contributed by atoms with van der Waals surface area (Å²) in [6.07, 6.45) is 8.99. The quantitative estimate of drug-likeness (QED) is 0.800. The molecule has 0 amide bonds. The van der Waals surface area contributed by atoms with Crippen molar-refractivity contribution in [2.75, 3.05) is 40.3 Å². The Labute approximate surface area is 119 Å². The molecule has 0 aromatic heterocycles. The van der Waals surface area contributed by atoms with E-state index in [1.807, 2.05) is 0 Å². The van der Waals surface area contributed by atoms with Crippen LogP contribution in [-0.4, -0.2) is 61.3 Å². The van der Waals surface area contributed by atoms with Crippen LogP contribution in [0.1, 0.15) is 44.9 Å². The molecule has 112 valence electrons. The molecule has 1 N–H and O–H groups in total. The molecular formula is C16H32N2O. The average molecular weight is 268 g/mol. The molecule has 0 radical (unpaired) electrons. The molecule has 0 spiro atoms. The summed E-state index contributed by atoms with van der Waals surface area (Å²) in [6.45, 7) is 4.50. The molecule has 1 saturated heterocycles. The van der Waals surface area contributed by atoms with Crippen LogP contribution in [0.25, 0.3) is 0 Å². The van der Waals surface area contributed by atoms with Crippen LogP contribution in [0.15, 0.2) is 0 Å². The highest BCUT2D eigenvalue weighted by Crippen LogP contribution is 2.28. The molecule has 2 aliphatic rings. The summed E-state index contributed by atoms with van der Waals surface area (Å²) in [7, 11) is 4.39. The largest absolute Gasteiger partial charge is 0.392 e. The third-order valence-corrected chi connectivity index (χ3v) is 5.01. The van der Waals surface area contributed by atoms with Gasteiger partial charge in [0.05, 0.1) is 6.10 Å². The van der Waals surface area contributed by atoms with Gasteiger partial charge in [-0.25, -0.2) is 0 Å². The number of piperidine rings is 1. The van der Waals surface area contributed by atoms with Crippen LogP contribution in [0.3, 0.4) is 0 Å². The molecule has 1 heterocycles. The fourth-order valence-electron chi connectivity index (χ4n) is 3.83. The summed E-state index contributed by atoms with van der Waals surface area (Å²) >= 11 is 0. The fourth-order valence-corrected chi connectivity index (χ4v) is 3.83. The summed E-state index contributed by atoms with van der Waals surface area (Å²) in [6, 6.07) is 0. The van der Waals surface area contributed by atoms with Gasteiger partial charge < -0.3 is 14.9 Å². The van der Waals surface area contributed by atoms with Crippen LogP contribution >= 0.6 is 0 Å². The van der Waals surface area contributed by atoms with Gasteiger partial charge in [-0.3, -0.25) is 0 Å². The van der Waals surface area contributed by atoms with Crippen molar-refractivity contribution in [3.05, 3.63) is 0 Å². The number of aliphatic hydroxyl groups excluding tert-OH is 1. The van der Waals surface area contributed by atoms with Gasteiger partial charge in [-0.05, 0) is 58.3 Å². The lowest BCUT2D eigenvalue weighted by atomic mass is 9.96. The second-order valence-electron chi connectivity index (χ2n) is 7.01. The van der Waals surface area contributed by atoms with Gasteiger partial charge in [0.2, 0.25) is 0 Å². The highest BCUT2D eigenvalue weighted by Gasteiger charge is 2.22. The minimum Gasteiger partial charge on any atom is -0.392 e. The molecule has 2 fully saturated rings. The zero-order chi connectivity index (χ0) is 13.7. The van der Waals surface area contributed by atoms with Crippen LogP contribution < -0.4 is 0 Å². The second-order valence-corrected chi connectivity index (χ2v) is 7.01. The zero-order valence-electron chi connectivity index (χ0n) is 12.9. The van der Waals surface area contributed by atoms with Gasteiger partial charge in [-0.1, -0.05) is 25.7 Å². The maximum atomic E-state index is 10.2. The lowest BCUT2D eigenvalue weighted by Gasteiger charge is -2.32. The average Bonchev–Trinajstić information content (AvgIpc) is 2.84. The van der Waals surface area contributed by atoms with Crippen LogP contribution in [0, 0.1) is 11.8 Å². The number of hydrogen-bond donors (Lipinski definition) is 1. The van der Waals surface area contributed by atoms with Gasteiger partial charge in [-0.15, -0.1) is 0 Å². The summed E-state index contributed by atoms with van der Waals surface area (Å²) in [5.41, 5.74) is 0. The third kappa shape index (κ3) is 5.41. The fraction of sp³-hybridized carbons (Fsp3) is 1.00. The Kier molecular flexibility index (Phi) is 6.11. The molecule has 1 atom stereocenters. The molecule has 1 saturated carbocycles. The lowest BCUT2D eigenvalue weighted by Crippen LogP contribution is -2.38. The number of rotatable bonds is 6. The van der Waals surface area contributed by atoms with Gasteiger partial charge >= 0.3 is 0 Å². The van der Waals surface area contributed by atoms with Crippen LogP contribution in [-0.2, 0) is 0 Å². The van der Waals surface area contributed by atoms with E-state index >= 15 is 0 Å². The summed E-state index contributed by atoms with van der Waals surface area (Å²) in [5.74, 6) is 1.63. The van der Waals surface area contributed by atoms with E-state index < -0.39 is 0 Å². The predicted molar refractivity (Wildman–Crippen MR) is 80.3 cm³/mol. The van der Waals surface area contributed by atoms with Gasteiger partial charge in [0.25, 0.3) is 0 Å². The smallest absolute Gasteiger partial charge is 0.0669 e. The molecule has 3 heteroatoms. The molecule has 1 aliphatic heterocycles. The first kappa shape index (κ1) is 15.3. The molecule has 1 unspecified atom stereocenters. The van der Waals surface area contributed by atoms with Crippen molar-refractivity contribution in [2.45, 2.75) is 51.0 Å². The van der Waals surface area contributed by atoms with E-state index in [0.717, 1.165) is 31.3 Å². The van der Waals surface area contributed by atoms with Crippen molar-refractivity contribution in [1.82, 2.24) is 9.80 Å². The molecule has 0 bridgehead atoms. The van der Waals surface area contributed by atoms with Gasteiger partial charge in [0.1, 0.15) is 0 Å². The highest BCUT2D eigenvalue weighted by molar-refractivity contribution is 4.76. The molecular weight excluding hydrogens is 236 g/mol. The number of nitrogens with zero attached hydrogens (tertiary/aromatic N) is 2. The monoisotopic (exact) mass is 268 g/mol. The van der Waals surface area contributed by atoms with Gasteiger partial charge in [-0.2, -0.15) is 0 Å². The number of likely N-dealkylation sites (N-methyl/N-ethyl adjacent to an activating group) is 1. The third-order valence-electron chi connectivity index (χ3n) is 5.01. The van der Waals surface area contributed by atoms with Crippen LogP contribution in [0.4, 0.5) is 0 Å². The standard InChI is InChI=1S/C16H32N2O/c1-17-9-7-15(8-10-17)12-18(2)13-16(19)11-14-5-3-4-6-14/h14-16,19H,3-13H2,1-2H3. The Balaban J connectivity index is 1.61. The number of hydrogen-bond acceptors (Lipinski definition) is 3. The van der Waals surface area contributed by atoms with E-state index in [1.165, 1.54) is 51.6 Å². The summed E-state index contributed by atoms with van der Waals surface area (Å²) in [4.78, 5) is 4.78. The van der Waals surface area contributed by atoms with E-state index in [9.17, 15) is 5.11 Å². The Morgan fingerprint density at radius 1 is 1.11 bits per heavy atom. The topological polar surface area (TPSA) is 26.7 Å². The lowest BCUT2D eigenvalue weighted by molar-refractivity contribution is 0.0877. The molecule has 0 aromatic rings. The van der Waals surface area contributed by atoms with Crippen molar-refractivity contribution < 1.29 is 5.11 Å². The van der Waals surface area contributed by atoms with Crippen molar-refractivity contribution >= 4 is 0 Å². The Morgan fingerprint density at radius 2 is 1.74 bits per heavy atom. The molecule has 19 heavy (non-hydrogen) atoms. The molecule has 0 aromatic carbocycles. The molecule has 3 nitrogen and oxygen atoms in total. The van der Waals surface area contributed by atoms with Crippen molar-refractivity contribution in [3.8, 4) is 0 Å². The number of likely N-dealkylation sites (tertiary alicyclic amines) is 1. The maximum Gasteiger partial charge on any atom is 0.0669 e. The van der Waals surface area contributed by atoms with Crippen LogP contribution in [0.2, 0.25) is 0 Å². The minimum absolute atomic E-state index is 0.112. The first-order chi connectivity index (χ1) is 9.13. The van der Waals surface area contributed by atoms with E-state index in [0.29, 0.717) is 0 Å². The SMILES string of the molecule is CN1CCC(CN(C)CC(O)CC2CCCC2)CC1. The van der Waals surface area contributed by atoms with Crippen molar-refractivity contribution in [2.24, 2.45) is 11.8 Å². The molecule has 1 aliphatic carbocycles. The predicted octanol–water partition coefficient (Wildman–Crippen LogP) is 2.20. The minimum atomic E-state index is -0.112. The Bertz CT molecular complexity index is 245. The zero-order valence-corrected chi connectivity index (χ0v) is 12.9. The van der Waals surface area contributed by atoms with E-state index in [1.54, 1.807) is 0 Å². The normalized spacial score (nSPS) is 25.3. The van der Waals surface area contributed by atoms with Crippen LogP contribution in [0.5, 0.6) is 0 Å². The molecule has 2 rings (SSSR count). The highest BCUT2D eigenvalue weighted by atomic mass is 16.3. The number of aliphatic hydroxyl groups is 1. The summed E-state index contributed by atoms with van der Waals surface area (Å²) < 4.78 is 0. The summed E-state index contributed by atoms with van der Waals surface area (Å²) in [5, 5.41) is 10.2. The van der Waals surface area contributed by atoms with E-state index in [-0.39, 0.29) is 6.10 Å². The second kappa shape index (κ2) is 7.61. The first-order valence-corrected chi connectivity index (χ1v) is 8.18. The van der Waals surface area contributed by atoms with Gasteiger partial charge in [0.15, 0.2) is 0 Å². The van der Waals surface area contributed by atoms with Crippen molar-refractivity contribution in [3.63, 3.8) is 0 Å². The van der Waals surface area contributed by atoms with Crippen molar-refractivity contribution in [1.29, 1.82) is 0 Å². The maximum absolute atomic E-state index is 10.2. The first-order valence-electron chi connectivity index (χ1n) is 8.18. The van der Waals surface area contributed by atoms with Gasteiger partial charge in [0, 0.05) is 13.1 Å². The Hall–Kier alpha value is -0.120.